The van der Waals surface area contributed by atoms with Crippen LogP contribution in [0, 0.1) is 23.7 Å². The summed E-state index contributed by atoms with van der Waals surface area (Å²) in [5.74, 6) is 2.61. The molecular formula is C14H25NO. The van der Waals surface area contributed by atoms with Crippen LogP contribution in [0.2, 0.25) is 0 Å². The summed E-state index contributed by atoms with van der Waals surface area (Å²) in [6, 6.07) is 0. The van der Waals surface area contributed by atoms with E-state index in [-0.39, 0.29) is 0 Å². The molecule has 0 spiro atoms. The number of hydrogen-bond donors (Lipinski definition) is 1. The van der Waals surface area contributed by atoms with Crippen LogP contribution in [-0.2, 0) is 4.79 Å². The molecule has 0 amide bonds. The highest BCUT2D eigenvalue weighted by molar-refractivity contribution is 5.86. The second-order valence-corrected chi connectivity index (χ2v) is 5.63. The van der Waals surface area contributed by atoms with Crippen molar-refractivity contribution in [1.29, 1.82) is 0 Å². The minimum atomic E-state index is 0.305. The van der Waals surface area contributed by atoms with E-state index in [0.29, 0.717) is 29.5 Å². The van der Waals surface area contributed by atoms with Crippen molar-refractivity contribution in [2.24, 2.45) is 23.7 Å². The zero-order valence-corrected chi connectivity index (χ0v) is 10.7. The van der Waals surface area contributed by atoms with Gasteiger partial charge in [0.25, 0.3) is 0 Å². The molecule has 2 rings (SSSR count). The van der Waals surface area contributed by atoms with Crippen LogP contribution < -0.4 is 5.32 Å². The smallest absolute Gasteiger partial charge is 0.140 e. The summed E-state index contributed by atoms with van der Waals surface area (Å²) >= 11 is 0. The maximum Gasteiger partial charge on any atom is 0.140 e. The molecule has 2 aliphatic carbocycles. The summed E-state index contributed by atoms with van der Waals surface area (Å²) in [6.07, 6.45) is 6.23. The molecule has 4 unspecified atom stereocenters. The third-order valence-corrected chi connectivity index (χ3v) is 4.65. The summed E-state index contributed by atoms with van der Waals surface area (Å²) in [4.78, 5) is 12.3. The molecular weight excluding hydrogens is 198 g/mol. The van der Waals surface area contributed by atoms with Crippen molar-refractivity contribution in [1.82, 2.24) is 5.32 Å². The van der Waals surface area contributed by atoms with Crippen LogP contribution in [0.1, 0.15) is 46.0 Å². The van der Waals surface area contributed by atoms with E-state index in [9.17, 15) is 4.79 Å². The van der Waals surface area contributed by atoms with E-state index >= 15 is 0 Å². The maximum atomic E-state index is 12.3. The highest BCUT2D eigenvalue weighted by Crippen LogP contribution is 2.46. The number of fused-ring (bicyclic) bond motifs is 1. The van der Waals surface area contributed by atoms with E-state index in [1.807, 2.05) is 0 Å². The summed E-state index contributed by atoms with van der Waals surface area (Å²) < 4.78 is 0. The van der Waals surface area contributed by atoms with Gasteiger partial charge in [-0.15, -0.1) is 0 Å². The standard InChI is InChI=1S/C14H25NO/c1-3-8-15-9-13-10(2)11-6-4-5-7-12(11)14(13)16/h10-13,15H,3-9H2,1-2H3. The molecule has 92 valence electrons. The van der Waals surface area contributed by atoms with Crippen LogP contribution in [0.4, 0.5) is 0 Å². The first-order chi connectivity index (χ1) is 7.75. The largest absolute Gasteiger partial charge is 0.316 e. The van der Waals surface area contributed by atoms with Gasteiger partial charge in [-0.3, -0.25) is 4.79 Å². The van der Waals surface area contributed by atoms with Gasteiger partial charge >= 0.3 is 0 Å². The highest BCUT2D eigenvalue weighted by Gasteiger charge is 2.47. The molecule has 2 heteroatoms. The molecule has 4 atom stereocenters. The Morgan fingerprint density at radius 3 is 2.75 bits per heavy atom. The predicted molar refractivity (Wildman–Crippen MR) is 66.3 cm³/mol. The fourth-order valence-corrected chi connectivity index (χ4v) is 3.70. The third-order valence-electron chi connectivity index (χ3n) is 4.65. The van der Waals surface area contributed by atoms with E-state index < -0.39 is 0 Å². The SMILES string of the molecule is CCCNCC1C(=O)C2CCCCC2C1C. The Morgan fingerprint density at radius 1 is 1.31 bits per heavy atom. The molecule has 2 aliphatic rings. The lowest BCUT2D eigenvalue weighted by Crippen LogP contribution is -2.30. The van der Waals surface area contributed by atoms with Crippen LogP contribution in [0.25, 0.3) is 0 Å². The van der Waals surface area contributed by atoms with Crippen molar-refractivity contribution in [3.8, 4) is 0 Å². The minimum absolute atomic E-state index is 0.305. The van der Waals surface area contributed by atoms with Gasteiger partial charge in [0.2, 0.25) is 0 Å². The molecule has 0 aromatic rings. The van der Waals surface area contributed by atoms with E-state index in [2.05, 4.69) is 19.2 Å². The number of ketones is 1. The van der Waals surface area contributed by atoms with E-state index in [1.165, 1.54) is 19.3 Å². The number of nitrogens with one attached hydrogen (secondary N) is 1. The van der Waals surface area contributed by atoms with Crippen LogP contribution >= 0.6 is 0 Å². The lowest BCUT2D eigenvalue weighted by Gasteiger charge is -2.26. The summed E-state index contributed by atoms with van der Waals surface area (Å²) in [5, 5.41) is 3.43. The lowest BCUT2D eigenvalue weighted by molar-refractivity contribution is -0.124. The average molecular weight is 223 g/mol. The molecule has 2 nitrogen and oxygen atoms in total. The van der Waals surface area contributed by atoms with E-state index in [1.54, 1.807) is 0 Å². The first-order valence-electron chi connectivity index (χ1n) is 7.00. The van der Waals surface area contributed by atoms with Gasteiger partial charge in [0, 0.05) is 18.4 Å². The second kappa shape index (κ2) is 5.31. The Hall–Kier alpha value is -0.370. The predicted octanol–water partition coefficient (Wildman–Crippen LogP) is 2.63. The van der Waals surface area contributed by atoms with Gasteiger partial charge in [-0.2, -0.15) is 0 Å². The molecule has 0 bridgehead atoms. The van der Waals surface area contributed by atoms with E-state index in [4.69, 9.17) is 0 Å². The van der Waals surface area contributed by atoms with Crippen LogP contribution in [-0.4, -0.2) is 18.9 Å². The molecule has 0 aromatic carbocycles. The molecule has 16 heavy (non-hydrogen) atoms. The molecule has 2 saturated carbocycles. The van der Waals surface area contributed by atoms with Crippen molar-refractivity contribution >= 4 is 5.78 Å². The topological polar surface area (TPSA) is 29.1 Å². The molecule has 1 N–H and O–H groups in total. The summed E-state index contributed by atoms with van der Waals surface area (Å²) in [5.41, 5.74) is 0. The first-order valence-corrected chi connectivity index (χ1v) is 7.00. The van der Waals surface area contributed by atoms with Gasteiger partial charge in [0.05, 0.1) is 0 Å². The molecule has 0 radical (unpaired) electrons. The quantitative estimate of drug-likeness (QED) is 0.742. The van der Waals surface area contributed by atoms with Crippen molar-refractivity contribution in [3.05, 3.63) is 0 Å². The number of carbonyl (C=O) groups is 1. The van der Waals surface area contributed by atoms with Crippen molar-refractivity contribution < 1.29 is 4.79 Å². The molecule has 0 aromatic heterocycles. The Kier molecular flexibility index (Phi) is 4.01. The van der Waals surface area contributed by atoms with Crippen LogP contribution in [0.5, 0.6) is 0 Å². The molecule has 0 heterocycles. The van der Waals surface area contributed by atoms with Crippen molar-refractivity contribution in [2.45, 2.75) is 46.0 Å². The fraction of sp³-hybridized carbons (Fsp3) is 0.929. The lowest BCUT2D eigenvalue weighted by atomic mass is 9.78. The van der Waals surface area contributed by atoms with Crippen LogP contribution in [0.15, 0.2) is 0 Å². The highest BCUT2D eigenvalue weighted by atomic mass is 16.1. The molecule has 2 fully saturated rings. The van der Waals surface area contributed by atoms with Crippen LogP contribution in [0.3, 0.4) is 0 Å². The Morgan fingerprint density at radius 2 is 2.06 bits per heavy atom. The van der Waals surface area contributed by atoms with Gasteiger partial charge in [0.15, 0.2) is 0 Å². The zero-order valence-electron chi connectivity index (χ0n) is 10.7. The normalized spacial score (nSPS) is 38.8. The average Bonchev–Trinajstić information content (AvgIpc) is 2.55. The summed E-state index contributed by atoms with van der Waals surface area (Å²) in [6.45, 7) is 6.44. The van der Waals surface area contributed by atoms with Gasteiger partial charge in [0.1, 0.15) is 5.78 Å². The fourth-order valence-electron chi connectivity index (χ4n) is 3.70. The van der Waals surface area contributed by atoms with Gasteiger partial charge in [-0.05, 0) is 37.6 Å². The van der Waals surface area contributed by atoms with Gasteiger partial charge in [-0.1, -0.05) is 26.7 Å². The Balaban J connectivity index is 1.95. The van der Waals surface area contributed by atoms with Gasteiger partial charge in [-0.25, -0.2) is 0 Å². The second-order valence-electron chi connectivity index (χ2n) is 5.63. The maximum absolute atomic E-state index is 12.3. The van der Waals surface area contributed by atoms with E-state index in [0.717, 1.165) is 25.9 Å². The number of Topliss-reactive ketones (excluding diaryl/α,β-unsaturated/α-hetero) is 1. The first kappa shape index (κ1) is 12.1. The Labute approximate surface area is 99.2 Å². The van der Waals surface area contributed by atoms with Gasteiger partial charge < -0.3 is 5.32 Å². The molecule has 0 saturated heterocycles. The van der Waals surface area contributed by atoms with Crippen molar-refractivity contribution in [2.75, 3.05) is 13.1 Å². The molecule has 0 aliphatic heterocycles. The number of hydrogen-bond acceptors (Lipinski definition) is 2. The zero-order chi connectivity index (χ0) is 11.5. The third kappa shape index (κ3) is 2.17. The minimum Gasteiger partial charge on any atom is -0.316 e. The monoisotopic (exact) mass is 223 g/mol. The Bertz CT molecular complexity index is 251. The number of carbonyl (C=O) groups excluding carboxylic acids is 1. The number of rotatable bonds is 4. The summed E-state index contributed by atoms with van der Waals surface area (Å²) in [7, 11) is 0. The van der Waals surface area contributed by atoms with Crippen molar-refractivity contribution in [3.63, 3.8) is 0 Å².